The van der Waals surface area contributed by atoms with Gasteiger partial charge in [-0.1, -0.05) is 0 Å². The molecule has 1 atom stereocenters. The first kappa shape index (κ1) is 15.8. The second-order valence-electron chi connectivity index (χ2n) is 4.80. The number of alkyl halides is 3. The molecule has 0 saturated heterocycles. The van der Waals surface area contributed by atoms with Gasteiger partial charge in [0.1, 0.15) is 11.3 Å². The summed E-state index contributed by atoms with van der Waals surface area (Å²) in [5, 5.41) is 11.9. The average Bonchev–Trinajstić information content (AvgIpc) is 2.49. The second kappa shape index (κ2) is 5.64. The Balaban J connectivity index is 2.18. The first-order valence-corrected chi connectivity index (χ1v) is 6.29. The number of benzene rings is 1. The monoisotopic (exact) mass is 310 g/mol. The number of dihydropyridines is 1. The lowest BCUT2D eigenvalue weighted by Gasteiger charge is -2.25. The van der Waals surface area contributed by atoms with E-state index in [4.69, 9.17) is 14.7 Å². The molecule has 2 rings (SSSR count). The van der Waals surface area contributed by atoms with Gasteiger partial charge in [0.25, 0.3) is 0 Å². The number of nitrogens with zero attached hydrogens (tertiary/aromatic N) is 1. The Hall–Kier alpha value is -2.62. The highest BCUT2D eigenvalue weighted by Crippen LogP contribution is 2.31. The predicted octanol–water partition coefficient (Wildman–Crippen LogP) is 3.34. The molecular formula is C15H13F3N2O2. The zero-order chi connectivity index (χ0) is 16.4. The summed E-state index contributed by atoms with van der Waals surface area (Å²) in [5.41, 5.74) is -1.69. The molecule has 116 valence electrons. The molecule has 0 bridgehead atoms. The van der Waals surface area contributed by atoms with Crippen LogP contribution in [0.4, 0.5) is 13.2 Å². The Morgan fingerprint density at radius 1 is 1.18 bits per heavy atom. The molecule has 0 fully saturated rings. The van der Waals surface area contributed by atoms with E-state index in [0.717, 1.165) is 12.1 Å². The molecule has 0 amide bonds. The van der Waals surface area contributed by atoms with Crippen LogP contribution in [0.1, 0.15) is 12.5 Å². The van der Waals surface area contributed by atoms with Crippen molar-refractivity contribution in [2.24, 2.45) is 0 Å². The number of nitrogens with one attached hydrogen (secondary N) is 1. The van der Waals surface area contributed by atoms with Crippen LogP contribution < -0.4 is 10.1 Å². The molecule has 1 aliphatic rings. The van der Waals surface area contributed by atoms with E-state index in [1.165, 1.54) is 31.5 Å². The Morgan fingerprint density at radius 2 is 1.82 bits per heavy atom. The van der Waals surface area contributed by atoms with E-state index in [-0.39, 0.29) is 11.5 Å². The van der Waals surface area contributed by atoms with Gasteiger partial charge in [-0.2, -0.15) is 18.4 Å². The van der Waals surface area contributed by atoms with Crippen LogP contribution in [0, 0.1) is 11.3 Å². The standard InChI is InChI=1S/C15H13F3N2O2/c1-14(9-19)7-12(21-2)13(8-20-14)22-11-5-3-10(4-6-11)15(16,17)18/h3-8,20H,1-2H3. The molecule has 0 spiro atoms. The summed E-state index contributed by atoms with van der Waals surface area (Å²) >= 11 is 0. The van der Waals surface area contributed by atoms with Crippen LogP contribution in [0.3, 0.4) is 0 Å². The van der Waals surface area contributed by atoms with Crippen molar-refractivity contribution in [2.45, 2.75) is 18.6 Å². The Morgan fingerprint density at radius 3 is 2.32 bits per heavy atom. The molecule has 1 aromatic rings. The van der Waals surface area contributed by atoms with Gasteiger partial charge in [0.2, 0.25) is 0 Å². The van der Waals surface area contributed by atoms with Crippen LogP contribution in [-0.2, 0) is 10.9 Å². The summed E-state index contributed by atoms with van der Waals surface area (Å²) in [7, 11) is 1.42. The van der Waals surface area contributed by atoms with Crippen molar-refractivity contribution in [3.8, 4) is 11.8 Å². The summed E-state index contributed by atoms with van der Waals surface area (Å²) < 4.78 is 48.1. The van der Waals surface area contributed by atoms with Gasteiger partial charge in [0.15, 0.2) is 11.5 Å². The van der Waals surface area contributed by atoms with Crippen molar-refractivity contribution in [1.29, 1.82) is 5.26 Å². The molecule has 1 heterocycles. The number of ether oxygens (including phenoxy) is 2. The molecule has 0 aliphatic carbocycles. The molecule has 0 saturated carbocycles. The number of halogens is 3. The van der Waals surface area contributed by atoms with Gasteiger partial charge in [0.05, 0.1) is 18.7 Å². The molecule has 22 heavy (non-hydrogen) atoms. The largest absolute Gasteiger partial charge is 0.493 e. The Bertz CT molecular complexity index is 657. The smallest absolute Gasteiger partial charge is 0.416 e. The maximum Gasteiger partial charge on any atom is 0.416 e. The van der Waals surface area contributed by atoms with Crippen molar-refractivity contribution in [3.05, 3.63) is 53.6 Å². The first-order valence-electron chi connectivity index (χ1n) is 6.29. The Labute approximate surface area is 125 Å². The van der Waals surface area contributed by atoms with Gasteiger partial charge in [-0.3, -0.25) is 0 Å². The van der Waals surface area contributed by atoms with Crippen molar-refractivity contribution >= 4 is 0 Å². The Kier molecular flexibility index (Phi) is 4.04. The van der Waals surface area contributed by atoms with Crippen LogP contribution >= 0.6 is 0 Å². The van der Waals surface area contributed by atoms with Gasteiger partial charge in [-0.15, -0.1) is 0 Å². The molecular weight excluding hydrogens is 297 g/mol. The number of hydrogen-bond acceptors (Lipinski definition) is 4. The van der Waals surface area contributed by atoms with Gasteiger partial charge in [-0.05, 0) is 31.2 Å². The van der Waals surface area contributed by atoms with E-state index in [9.17, 15) is 13.2 Å². The highest BCUT2D eigenvalue weighted by Gasteiger charge is 2.30. The van der Waals surface area contributed by atoms with Crippen LogP contribution in [0.2, 0.25) is 0 Å². The SMILES string of the molecule is COC1=CC(C)(C#N)NC=C1Oc1ccc(C(F)(F)F)cc1. The molecule has 1 aliphatic heterocycles. The fraction of sp³-hybridized carbons (Fsp3) is 0.267. The number of nitriles is 1. The lowest BCUT2D eigenvalue weighted by Crippen LogP contribution is -2.39. The van der Waals surface area contributed by atoms with Gasteiger partial charge in [0, 0.05) is 12.3 Å². The van der Waals surface area contributed by atoms with Crippen LogP contribution in [0.5, 0.6) is 5.75 Å². The van der Waals surface area contributed by atoms with E-state index in [1.807, 2.05) is 0 Å². The minimum atomic E-state index is -4.39. The first-order chi connectivity index (χ1) is 10.3. The number of rotatable bonds is 3. The number of methoxy groups -OCH3 is 1. The van der Waals surface area contributed by atoms with E-state index < -0.39 is 17.3 Å². The van der Waals surface area contributed by atoms with E-state index >= 15 is 0 Å². The summed E-state index contributed by atoms with van der Waals surface area (Å²) in [4.78, 5) is 0. The van der Waals surface area contributed by atoms with Crippen LogP contribution in [0.25, 0.3) is 0 Å². The highest BCUT2D eigenvalue weighted by molar-refractivity contribution is 5.38. The van der Waals surface area contributed by atoms with Crippen LogP contribution in [0.15, 0.2) is 48.1 Å². The van der Waals surface area contributed by atoms with Crippen molar-refractivity contribution < 1.29 is 22.6 Å². The van der Waals surface area contributed by atoms with Gasteiger partial charge >= 0.3 is 6.18 Å². The maximum absolute atomic E-state index is 12.5. The number of hydrogen-bond donors (Lipinski definition) is 1. The summed E-state index contributed by atoms with van der Waals surface area (Å²) in [6.45, 7) is 1.65. The zero-order valence-electron chi connectivity index (χ0n) is 11.9. The minimum absolute atomic E-state index is 0.226. The van der Waals surface area contributed by atoms with Crippen LogP contribution in [-0.4, -0.2) is 12.6 Å². The summed E-state index contributed by atoms with van der Waals surface area (Å²) in [6, 6.07) is 6.36. The van der Waals surface area contributed by atoms with E-state index in [1.54, 1.807) is 6.92 Å². The fourth-order valence-corrected chi connectivity index (χ4v) is 1.80. The average molecular weight is 310 g/mol. The molecule has 1 N–H and O–H groups in total. The quantitative estimate of drug-likeness (QED) is 0.930. The predicted molar refractivity (Wildman–Crippen MR) is 72.4 cm³/mol. The van der Waals surface area contributed by atoms with E-state index in [0.29, 0.717) is 5.76 Å². The van der Waals surface area contributed by atoms with Crippen molar-refractivity contribution in [1.82, 2.24) is 5.32 Å². The normalized spacial score (nSPS) is 21.1. The second-order valence-corrected chi connectivity index (χ2v) is 4.80. The van der Waals surface area contributed by atoms with Gasteiger partial charge < -0.3 is 14.8 Å². The molecule has 7 heteroatoms. The molecule has 0 radical (unpaired) electrons. The minimum Gasteiger partial charge on any atom is -0.493 e. The molecule has 1 aromatic carbocycles. The summed E-state index contributed by atoms with van der Waals surface area (Å²) in [5.74, 6) is 0.822. The molecule has 1 unspecified atom stereocenters. The third kappa shape index (κ3) is 3.34. The maximum atomic E-state index is 12.5. The third-order valence-corrected chi connectivity index (χ3v) is 3.03. The van der Waals surface area contributed by atoms with E-state index in [2.05, 4.69) is 11.4 Å². The van der Waals surface area contributed by atoms with Crippen molar-refractivity contribution in [3.63, 3.8) is 0 Å². The lowest BCUT2D eigenvalue weighted by atomic mass is 10.0. The highest BCUT2D eigenvalue weighted by atomic mass is 19.4. The van der Waals surface area contributed by atoms with Crippen molar-refractivity contribution in [2.75, 3.05) is 7.11 Å². The summed E-state index contributed by atoms with van der Waals surface area (Å²) in [6.07, 6.45) is -1.41. The third-order valence-electron chi connectivity index (χ3n) is 3.03. The van der Waals surface area contributed by atoms with Gasteiger partial charge in [-0.25, -0.2) is 0 Å². The fourth-order valence-electron chi connectivity index (χ4n) is 1.80. The zero-order valence-corrected chi connectivity index (χ0v) is 11.9. The molecule has 4 nitrogen and oxygen atoms in total. The lowest BCUT2D eigenvalue weighted by molar-refractivity contribution is -0.137. The topological polar surface area (TPSA) is 54.3 Å². The molecule has 0 aromatic heterocycles.